The highest BCUT2D eigenvalue weighted by atomic mass is 32.1. The Morgan fingerprint density at radius 2 is 2.17 bits per heavy atom. The number of nitrogens with zero attached hydrogens (tertiary/aromatic N) is 5. The van der Waals surface area contributed by atoms with E-state index in [0.29, 0.717) is 27.4 Å². The molecule has 0 saturated carbocycles. The van der Waals surface area contributed by atoms with Crippen molar-refractivity contribution in [2.75, 3.05) is 7.11 Å². The molecule has 0 aliphatic carbocycles. The standard InChI is InChI=1S/C18H14N6O4S/c1-27-13-7-11(8-14-16(13)28-18(26)29-14)9-19-20-15(25)10-24-22-17(21-23-24)12-5-3-2-4-6-12/h2-9H,10H2,1H3,(H,20,25). The van der Waals surface area contributed by atoms with Gasteiger partial charge in [0, 0.05) is 5.56 Å². The quantitative estimate of drug-likeness (QED) is 0.379. The highest BCUT2D eigenvalue weighted by Gasteiger charge is 2.11. The van der Waals surface area contributed by atoms with E-state index in [9.17, 15) is 9.59 Å². The first-order valence-corrected chi connectivity index (χ1v) is 9.21. The Morgan fingerprint density at radius 1 is 1.34 bits per heavy atom. The van der Waals surface area contributed by atoms with Gasteiger partial charge in [-0.1, -0.05) is 41.7 Å². The number of rotatable bonds is 6. The van der Waals surface area contributed by atoms with Gasteiger partial charge in [-0.25, -0.2) is 10.2 Å². The molecule has 2 aromatic heterocycles. The molecular formula is C18H14N6O4S. The molecule has 0 aliphatic rings. The largest absolute Gasteiger partial charge is 0.493 e. The number of carbonyl (C=O) groups is 1. The summed E-state index contributed by atoms with van der Waals surface area (Å²) in [6.45, 7) is -0.136. The predicted molar refractivity (Wildman–Crippen MR) is 106 cm³/mol. The number of amides is 1. The Bertz CT molecular complexity index is 1240. The zero-order chi connectivity index (χ0) is 20.2. The molecule has 146 valence electrons. The van der Waals surface area contributed by atoms with Crippen LogP contribution in [0.2, 0.25) is 0 Å². The highest BCUT2D eigenvalue weighted by molar-refractivity contribution is 7.16. The topological polar surface area (TPSA) is 124 Å². The summed E-state index contributed by atoms with van der Waals surface area (Å²) < 4.78 is 10.9. The number of fused-ring (bicyclic) bond motifs is 1. The van der Waals surface area contributed by atoms with E-state index >= 15 is 0 Å². The van der Waals surface area contributed by atoms with Crippen LogP contribution in [-0.4, -0.2) is 39.4 Å². The maximum absolute atomic E-state index is 12.1. The summed E-state index contributed by atoms with van der Waals surface area (Å²) in [6.07, 6.45) is 1.44. The number of hydrazone groups is 1. The molecule has 0 fully saturated rings. The second-order valence-electron chi connectivity index (χ2n) is 5.81. The van der Waals surface area contributed by atoms with Crippen LogP contribution in [-0.2, 0) is 11.3 Å². The van der Waals surface area contributed by atoms with Crippen LogP contribution in [0.15, 0.2) is 56.8 Å². The molecular weight excluding hydrogens is 396 g/mol. The number of carbonyl (C=O) groups excluding carboxylic acids is 1. The number of hydrogen-bond donors (Lipinski definition) is 1. The van der Waals surface area contributed by atoms with Gasteiger partial charge < -0.3 is 9.15 Å². The molecule has 4 rings (SSSR count). The summed E-state index contributed by atoms with van der Waals surface area (Å²) in [6, 6.07) is 12.7. The molecule has 2 heterocycles. The van der Waals surface area contributed by atoms with E-state index in [1.807, 2.05) is 30.3 Å². The maximum Gasteiger partial charge on any atom is 0.396 e. The van der Waals surface area contributed by atoms with Crippen LogP contribution in [0.3, 0.4) is 0 Å². The zero-order valence-electron chi connectivity index (χ0n) is 15.1. The molecule has 0 aliphatic heterocycles. The first-order chi connectivity index (χ1) is 14.1. The van der Waals surface area contributed by atoms with Gasteiger partial charge in [-0.15, -0.1) is 10.2 Å². The highest BCUT2D eigenvalue weighted by Crippen LogP contribution is 2.28. The van der Waals surface area contributed by atoms with Crippen molar-refractivity contribution < 1.29 is 13.9 Å². The van der Waals surface area contributed by atoms with Gasteiger partial charge in [-0.2, -0.15) is 9.90 Å². The van der Waals surface area contributed by atoms with Crippen molar-refractivity contribution in [1.29, 1.82) is 0 Å². The number of aromatic nitrogens is 4. The molecule has 0 radical (unpaired) electrons. The summed E-state index contributed by atoms with van der Waals surface area (Å²) in [5, 5.41) is 15.9. The van der Waals surface area contributed by atoms with Crippen molar-refractivity contribution >= 4 is 33.7 Å². The van der Waals surface area contributed by atoms with Crippen molar-refractivity contribution in [3.8, 4) is 17.1 Å². The molecule has 1 N–H and O–H groups in total. The van der Waals surface area contributed by atoms with Gasteiger partial charge in [0.15, 0.2) is 11.3 Å². The van der Waals surface area contributed by atoms with Crippen molar-refractivity contribution in [3.05, 3.63) is 57.8 Å². The number of nitrogens with one attached hydrogen (secondary N) is 1. The van der Waals surface area contributed by atoms with Gasteiger partial charge in [0.2, 0.25) is 5.82 Å². The van der Waals surface area contributed by atoms with Crippen LogP contribution in [0.5, 0.6) is 5.75 Å². The number of hydrogen-bond acceptors (Lipinski definition) is 9. The average Bonchev–Trinajstić information content (AvgIpc) is 3.33. The van der Waals surface area contributed by atoms with Crippen molar-refractivity contribution in [1.82, 2.24) is 25.6 Å². The number of benzene rings is 2. The normalized spacial score (nSPS) is 11.2. The van der Waals surface area contributed by atoms with Crippen LogP contribution in [0.4, 0.5) is 0 Å². The fourth-order valence-corrected chi connectivity index (χ4v) is 3.28. The van der Waals surface area contributed by atoms with Crippen LogP contribution in [0, 0.1) is 0 Å². The van der Waals surface area contributed by atoms with Crippen molar-refractivity contribution in [2.45, 2.75) is 6.54 Å². The molecule has 0 spiro atoms. The Balaban J connectivity index is 1.41. The predicted octanol–water partition coefficient (Wildman–Crippen LogP) is 1.67. The van der Waals surface area contributed by atoms with E-state index < -0.39 is 10.8 Å². The van der Waals surface area contributed by atoms with Crippen molar-refractivity contribution in [2.24, 2.45) is 5.10 Å². The number of methoxy groups -OCH3 is 1. The summed E-state index contributed by atoms with van der Waals surface area (Å²) in [5.41, 5.74) is 4.23. The SMILES string of the molecule is COc1cc(C=NNC(=O)Cn2nnc(-c3ccccc3)n2)cc2sc(=O)oc12. The summed E-state index contributed by atoms with van der Waals surface area (Å²) in [5.74, 6) is 0.426. The van der Waals surface area contributed by atoms with E-state index in [1.54, 1.807) is 12.1 Å². The third kappa shape index (κ3) is 4.19. The van der Waals surface area contributed by atoms with E-state index in [-0.39, 0.29) is 6.54 Å². The third-order valence-corrected chi connectivity index (χ3v) is 4.59. The number of tetrazole rings is 1. The molecule has 10 nitrogen and oxygen atoms in total. The van der Waals surface area contributed by atoms with Gasteiger partial charge in [-0.3, -0.25) is 4.79 Å². The van der Waals surface area contributed by atoms with Gasteiger partial charge in [0.25, 0.3) is 5.91 Å². The Morgan fingerprint density at radius 3 is 2.97 bits per heavy atom. The lowest BCUT2D eigenvalue weighted by Crippen LogP contribution is -2.24. The van der Waals surface area contributed by atoms with E-state index in [0.717, 1.165) is 16.9 Å². The second-order valence-corrected chi connectivity index (χ2v) is 6.78. The lowest BCUT2D eigenvalue weighted by atomic mass is 10.2. The molecule has 1 amide bonds. The molecule has 11 heteroatoms. The minimum atomic E-state index is -0.420. The fourth-order valence-electron chi connectivity index (χ4n) is 2.55. The monoisotopic (exact) mass is 410 g/mol. The summed E-state index contributed by atoms with van der Waals surface area (Å²) >= 11 is 0.960. The smallest absolute Gasteiger partial charge is 0.396 e. The van der Waals surface area contributed by atoms with Gasteiger partial charge in [-0.05, 0) is 22.9 Å². The first-order valence-electron chi connectivity index (χ1n) is 8.39. The third-order valence-electron chi connectivity index (χ3n) is 3.81. The van der Waals surface area contributed by atoms with Gasteiger partial charge in [0.1, 0.15) is 6.54 Å². The van der Waals surface area contributed by atoms with E-state index in [1.165, 1.54) is 18.1 Å². The van der Waals surface area contributed by atoms with Gasteiger partial charge in [0.05, 0.1) is 18.0 Å². The minimum Gasteiger partial charge on any atom is -0.493 e. The van der Waals surface area contributed by atoms with E-state index in [4.69, 9.17) is 9.15 Å². The number of ether oxygens (including phenoxy) is 1. The summed E-state index contributed by atoms with van der Waals surface area (Å²) in [7, 11) is 1.48. The molecule has 2 aromatic carbocycles. The van der Waals surface area contributed by atoms with Crippen LogP contribution in [0.1, 0.15) is 5.56 Å². The lowest BCUT2D eigenvalue weighted by molar-refractivity contribution is -0.122. The first kappa shape index (κ1) is 18.5. The average molecular weight is 410 g/mol. The molecule has 4 aromatic rings. The zero-order valence-corrected chi connectivity index (χ0v) is 15.9. The Kier molecular flexibility index (Phi) is 5.12. The molecule has 29 heavy (non-hydrogen) atoms. The maximum atomic E-state index is 12.1. The Hall–Kier alpha value is -3.86. The molecule has 0 atom stereocenters. The molecule has 0 unspecified atom stereocenters. The van der Waals surface area contributed by atoms with Crippen LogP contribution >= 0.6 is 11.3 Å². The Labute approximate surface area is 167 Å². The second kappa shape index (κ2) is 8.02. The summed E-state index contributed by atoms with van der Waals surface area (Å²) in [4.78, 5) is 24.2. The lowest BCUT2D eigenvalue weighted by Gasteiger charge is -2.02. The van der Waals surface area contributed by atoms with E-state index in [2.05, 4.69) is 25.9 Å². The fraction of sp³-hybridized carbons (Fsp3) is 0.111. The minimum absolute atomic E-state index is 0.136. The van der Waals surface area contributed by atoms with Crippen molar-refractivity contribution in [3.63, 3.8) is 0 Å². The van der Waals surface area contributed by atoms with Crippen LogP contribution in [0.25, 0.3) is 21.7 Å². The van der Waals surface area contributed by atoms with Gasteiger partial charge >= 0.3 is 4.94 Å². The molecule has 0 bridgehead atoms. The van der Waals surface area contributed by atoms with Crippen LogP contribution < -0.4 is 15.1 Å². The molecule has 0 saturated heterocycles.